The number of benzene rings is 1. The lowest BCUT2D eigenvalue weighted by Crippen LogP contribution is -2.49. The molecule has 122 valence electrons. The molecule has 1 saturated heterocycles. The third kappa shape index (κ3) is 3.06. The number of nitrogens with zero attached hydrogens (tertiary/aromatic N) is 4. The highest BCUT2D eigenvalue weighted by Gasteiger charge is 2.28. The summed E-state index contributed by atoms with van der Waals surface area (Å²) < 4.78 is 7.42. The molecule has 2 heterocycles. The van der Waals surface area contributed by atoms with Gasteiger partial charge >= 0.3 is 0 Å². The lowest BCUT2D eigenvalue weighted by atomic mass is 10.2. The zero-order chi connectivity index (χ0) is 16.4. The van der Waals surface area contributed by atoms with Gasteiger partial charge in [0.15, 0.2) is 5.69 Å². The Balaban J connectivity index is 1.69. The second kappa shape index (κ2) is 6.62. The van der Waals surface area contributed by atoms with Crippen LogP contribution in [0.25, 0.3) is 0 Å². The number of aryl methyl sites for hydroxylation is 1. The minimum atomic E-state index is -0.0662. The van der Waals surface area contributed by atoms with Gasteiger partial charge in [0.2, 0.25) is 5.88 Å². The first-order chi connectivity index (χ1) is 11.1. The van der Waals surface area contributed by atoms with Crippen molar-refractivity contribution < 1.29 is 9.53 Å². The monoisotopic (exact) mass is 378 g/mol. The smallest absolute Gasteiger partial charge is 0.275 e. The summed E-state index contributed by atoms with van der Waals surface area (Å²) in [4.78, 5) is 16.8. The maximum Gasteiger partial charge on any atom is 0.275 e. The molecule has 6 nitrogen and oxygen atoms in total. The Hall–Kier alpha value is -2.02. The van der Waals surface area contributed by atoms with Gasteiger partial charge in [-0.15, -0.1) is 0 Å². The Morgan fingerprint density at radius 2 is 1.83 bits per heavy atom. The van der Waals surface area contributed by atoms with E-state index >= 15 is 0 Å². The molecule has 0 bridgehead atoms. The Morgan fingerprint density at radius 1 is 1.17 bits per heavy atom. The highest BCUT2D eigenvalue weighted by atomic mass is 79.9. The van der Waals surface area contributed by atoms with Crippen LogP contribution in [0.15, 0.2) is 34.8 Å². The first-order valence-corrected chi connectivity index (χ1v) is 8.27. The van der Waals surface area contributed by atoms with Crippen LogP contribution < -0.4 is 9.64 Å². The average Bonchev–Trinajstić information content (AvgIpc) is 2.89. The van der Waals surface area contributed by atoms with Crippen molar-refractivity contribution in [3.63, 3.8) is 0 Å². The molecule has 0 unspecified atom stereocenters. The number of rotatable bonds is 3. The summed E-state index contributed by atoms with van der Waals surface area (Å²) in [7, 11) is 3.32. The van der Waals surface area contributed by atoms with Crippen LogP contribution in [-0.4, -0.2) is 53.9 Å². The summed E-state index contributed by atoms with van der Waals surface area (Å²) >= 11 is 3.41. The summed E-state index contributed by atoms with van der Waals surface area (Å²) in [5, 5.41) is 4.27. The number of carbonyl (C=O) groups excluding carboxylic acids is 1. The Morgan fingerprint density at radius 3 is 2.39 bits per heavy atom. The van der Waals surface area contributed by atoms with Crippen molar-refractivity contribution in [3.05, 3.63) is 40.5 Å². The fourth-order valence-corrected chi connectivity index (χ4v) is 3.46. The number of aromatic nitrogens is 2. The Kier molecular flexibility index (Phi) is 4.56. The van der Waals surface area contributed by atoms with Crippen molar-refractivity contribution in [2.45, 2.75) is 0 Å². The van der Waals surface area contributed by atoms with Crippen molar-refractivity contribution in [2.24, 2.45) is 7.05 Å². The van der Waals surface area contributed by atoms with Crippen molar-refractivity contribution in [2.75, 3.05) is 38.2 Å². The molecule has 0 aliphatic carbocycles. The molecule has 1 aromatic carbocycles. The largest absolute Gasteiger partial charge is 0.480 e. The SMILES string of the molecule is COc1c(Br)c(C(=O)N2CCN(c3ccccc3)CC2)nn1C. The molecule has 1 aromatic heterocycles. The standard InChI is InChI=1S/C16H19BrN4O2/c1-19-16(23-2)13(17)14(18-19)15(22)21-10-8-20(9-11-21)12-6-4-3-5-7-12/h3-7H,8-11H2,1-2H3. The van der Waals surface area contributed by atoms with Crippen molar-refractivity contribution in [3.8, 4) is 5.88 Å². The number of hydrogen-bond donors (Lipinski definition) is 0. The number of halogens is 1. The van der Waals surface area contributed by atoms with E-state index in [0.29, 0.717) is 29.1 Å². The van der Waals surface area contributed by atoms with Crippen molar-refractivity contribution in [1.29, 1.82) is 0 Å². The number of carbonyl (C=O) groups is 1. The highest BCUT2D eigenvalue weighted by molar-refractivity contribution is 9.10. The molecular formula is C16H19BrN4O2. The number of para-hydroxylation sites is 1. The topological polar surface area (TPSA) is 50.6 Å². The molecule has 0 radical (unpaired) electrons. The molecule has 0 saturated carbocycles. The van der Waals surface area contributed by atoms with E-state index in [-0.39, 0.29) is 5.91 Å². The lowest BCUT2D eigenvalue weighted by molar-refractivity contribution is 0.0739. The van der Waals surface area contributed by atoms with Crippen LogP contribution in [0.3, 0.4) is 0 Å². The number of hydrogen-bond acceptors (Lipinski definition) is 4. The van der Waals surface area contributed by atoms with Crippen LogP contribution in [-0.2, 0) is 7.05 Å². The Labute approximate surface area is 143 Å². The van der Waals surface area contributed by atoms with Crippen LogP contribution in [0, 0.1) is 0 Å². The second-order valence-electron chi connectivity index (χ2n) is 5.41. The average molecular weight is 379 g/mol. The minimum Gasteiger partial charge on any atom is -0.480 e. The number of piperazine rings is 1. The van der Waals surface area contributed by atoms with E-state index < -0.39 is 0 Å². The molecule has 1 fully saturated rings. The lowest BCUT2D eigenvalue weighted by Gasteiger charge is -2.35. The molecule has 0 spiro atoms. The van der Waals surface area contributed by atoms with Crippen LogP contribution in [0.1, 0.15) is 10.5 Å². The van der Waals surface area contributed by atoms with Crippen LogP contribution in [0.2, 0.25) is 0 Å². The molecule has 2 aromatic rings. The van der Waals surface area contributed by atoms with E-state index in [2.05, 4.69) is 38.1 Å². The van der Waals surface area contributed by atoms with Gasteiger partial charge in [0.25, 0.3) is 5.91 Å². The summed E-state index contributed by atoms with van der Waals surface area (Å²) in [6.45, 7) is 2.99. The van der Waals surface area contributed by atoms with Gasteiger partial charge in [-0.05, 0) is 28.1 Å². The van der Waals surface area contributed by atoms with E-state index in [0.717, 1.165) is 13.1 Å². The normalized spacial score (nSPS) is 14.9. The molecule has 1 aliphatic heterocycles. The summed E-state index contributed by atoms with van der Waals surface area (Å²) in [5.74, 6) is 0.486. The maximum absolute atomic E-state index is 12.7. The quantitative estimate of drug-likeness (QED) is 0.820. The third-order valence-electron chi connectivity index (χ3n) is 4.02. The zero-order valence-corrected chi connectivity index (χ0v) is 14.8. The number of methoxy groups -OCH3 is 1. The van der Waals surface area contributed by atoms with Crippen molar-refractivity contribution >= 4 is 27.5 Å². The number of ether oxygens (including phenoxy) is 1. The zero-order valence-electron chi connectivity index (χ0n) is 13.2. The summed E-state index contributed by atoms with van der Waals surface area (Å²) in [6, 6.07) is 10.3. The van der Waals surface area contributed by atoms with Crippen LogP contribution in [0.4, 0.5) is 5.69 Å². The molecule has 3 rings (SSSR count). The number of anilines is 1. The summed E-state index contributed by atoms with van der Waals surface area (Å²) in [6.07, 6.45) is 0. The van der Waals surface area contributed by atoms with Crippen LogP contribution in [0.5, 0.6) is 5.88 Å². The van der Waals surface area contributed by atoms with Gasteiger partial charge < -0.3 is 14.5 Å². The first-order valence-electron chi connectivity index (χ1n) is 7.47. The number of amides is 1. The maximum atomic E-state index is 12.7. The van der Waals surface area contributed by atoms with E-state index in [1.165, 1.54) is 5.69 Å². The molecule has 1 amide bonds. The predicted octanol–water partition coefficient (Wildman–Crippen LogP) is 2.15. The van der Waals surface area contributed by atoms with Gasteiger partial charge in [0.1, 0.15) is 4.47 Å². The molecule has 1 aliphatic rings. The van der Waals surface area contributed by atoms with E-state index in [4.69, 9.17) is 4.74 Å². The summed E-state index contributed by atoms with van der Waals surface area (Å²) in [5.41, 5.74) is 1.60. The van der Waals surface area contributed by atoms with Gasteiger partial charge in [-0.25, -0.2) is 4.68 Å². The second-order valence-corrected chi connectivity index (χ2v) is 6.20. The molecule has 0 atom stereocenters. The predicted molar refractivity (Wildman–Crippen MR) is 92.0 cm³/mol. The van der Waals surface area contributed by atoms with Gasteiger partial charge in [-0.3, -0.25) is 4.79 Å². The highest BCUT2D eigenvalue weighted by Crippen LogP contribution is 2.29. The van der Waals surface area contributed by atoms with Gasteiger partial charge in [-0.1, -0.05) is 18.2 Å². The van der Waals surface area contributed by atoms with E-state index in [1.807, 2.05) is 23.1 Å². The van der Waals surface area contributed by atoms with Gasteiger partial charge in [0.05, 0.1) is 7.11 Å². The third-order valence-corrected chi connectivity index (χ3v) is 4.74. The fourth-order valence-electron chi connectivity index (χ4n) is 2.80. The minimum absolute atomic E-state index is 0.0662. The van der Waals surface area contributed by atoms with Crippen molar-refractivity contribution in [1.82, 2.24) is 14.7 Å². The molecule has 7 heteroatoms. The molecule has 23 heavy (non-hydrogen) atoms. The van der Waals surface area contributed by atoms with E-state index in [9.17, 15) is 4.79 Å². The van der Waals surface area contributed by atoms with E-state index in [1.54, 1.807) is 18.8 Å². The molecule has 0 N–H and O–H groups in total. The first kappa shape index (κ1) is 15.9. The van der Waals surface area contributed by atoms with Gasteiger partial charge in [-0.2, -0.15) is 5.10 Å². The van der Waals surface area contributed by atoms with Gasteiger partial charge in [0, 0.05) is 38.9 Å². The molecular weight excluding hydrogens is 360 g/mol. The Bertz CT molecular complexity index is 694. The van der Waals surface area contributed by atoms with Crippen LogP contribution >= 0.6 is 15.9 Å². The fraction of sp³-hybridized carbons (Fsp3) is 0.375.